The molecule has 3 aromatic heterocycles. The maximum Gasteiger partial charge on any atom is 0.287 e. The molecule has 0 aliphatic carbocycles. The van der Waals surface area contributed by atoms with E-state index >= 15 is 0 Å². The normalized spacial score (nSPS) is 12.6. The van der Waals surface area contributed by atoms with Crippen LogP contribution in [0.5, 0.6) is 0 Å². The van der Waals surface area contributed by atoms with Gasteiger partial charge < -0.3 is 4.40 Å². The average molecular weight is 364 g/mol. The van der Waals surface area contributed by atoms with Crippen LogP contribution in [0.25, 0.3) is 49.1 Å². The van der Waals surface area contributed by atoms with Gasteiger partial charge >= 0.3 is 0 Å². The molecule has 136 valence electrons. The highest BCUT2D eigenvalue weighted by Gasteiger charge is 2.23. The van der Waals surface area contributed by atoms with Crippen molar-refractivity contribution in [1.82, 2.24) is 9.38 Å². The van der Waals surface area contributed by atoms with Gasteiger partial charge in [-0.05, 0) is 47.2 Å². The number of fused-ring (bicyclic) bond motifs is 5. The van der Waals surface area contributed by atoms with Crippen LogP contribution in [0.1, 0.15) is 30.9 Å². The number of rotatable bonds is 1. The Kier molecular flexibility index (Phi) is 2.94. The molecule has 0 aliphatic heterocycles. The molecule has 0 N–H and O–H groups in total. The van der Waals surface area contributed by atoms with Crippen LogP contribution in [0, 0.1) is 6.92 Å². The predicted octanol–water partition coefficient (Wildman–Crippen LogP) is 5.64. The minimum atomic E-state index is 0.502. The fraction of sp³-hybridized carbons (Fsp3) is 0.200. The second-order valence-electron chi connectivity index (χ2n) is 8.30. The van der Waals surface area contributed by atoms with Crippen molar-refractivity contribution < 1.29 is 4.57 Å². The summed E-state index contributed by atoms with van der Waals surface area (Å²) in [5.41, 5.74) is 8.83. The largest absolute Gasteiger partial charge is 0.308 e. The molecule has 0 atom stereocenters. The Hall–Kier alpha value is -3.20. The smallest absolute Gasteiger partial charge is 0.287 e. The highest BCUT2D eigenvalue weighted by molar-refractivity contribution is 6.25. The zero-order chi connectivity index (χ0) is 19.2. The van der Waals surface area contributed by atoms with Crippen molar-refractivity contribution in [3.05, 3.63) is 66.0 Å². The van der Waals surface area contributed by atoms with E-state index in [1.54, 1.807) is 0 Å². The van der Waals surface area contributed by atoms with Gasteiger partial charge in [-0.15, -0.1) is 0 Å². The predicted molar refractivity (Wildman–Crippen MR) is 116 cm³/mol. The van der Waals surface area contributed by atoms with Crippen LogP contribution in [0.3, 0.4) is 0 Å². The van der Waals surface area contributed by atoms with E-state index in [0.717, 1.165) is 5.52 Å². The lowest BCUT2D eigenvalue weighted by atomic mass is 10.00. The van der Waals surface area contributed by atoms with Crippen LogP contribution in [-0.4, -0.2) is 9.38 Å². The molecular formula is C25H22N3+. The van der Waals surface area contributed by atoms with Crippen LogP contribution in [0.2, 0.25) is 0 Å². The van der Waals surface area contributed by atoms with Crippen molar-refractivity contribution in [2.75, 3.05) is 0 Å². The average Bonchev–Trinajstić information content (AvgIpc) is 3.02. The Balaban J connectivity index is 2.06. The van der Waals surface area contributed by atoms with Crippen LogP contribution in [-0.2, 0) is 7.05 Å². The minimum Gasteiger partial charge on any atom is -0.308 e. The Bertz CT molecular complexity index is 1550. The van der Waals surface area contributed by atoms with Gasteiger partial charge in [-0.25, -0.2) is 4.57 Å². The van der Waals surface area contributed by atoms with Gasteiger partial charge in [0.15, 0.2) is 5.52 Å². The van der Waals surface area contributed by atoms with Gasteiger partial charge in [-0.2, -0.15) is 0 Å². The van der Waals surface area contributed by atoms with E-state index in [4.69, 9.17) is 4.98 Å². The molecule has 3 aromatic carbocycles. The summed E-state index contributed by atoms with van der Waals surface area (Å²) in [6, 6.07) is 18.0. The SMILES string of the molecule is Cc1ccc2c3ccc(C(C)C)cc3n3c4cccc5nc[n+](C)c(c1c23)c54. The molecule has 28 heavy (non-hydrogen) atoms. The van der Waals surface area contributed by atoms with Gasteiger partial charge in [0.1, 0.15) is 5.52 Å². The summed E-state index contributed by atoms with van der Waals surface area (Å²) < 4.78 is 4.64. The highest BCUT2D eigenvalue weighted by atomic mass is 15.0. The van der Waals surface area contributed by atoms with Crippen LogP contribution >= 0.6 is 0 Å². The first-order chi connectivity index (χ1) is 13.6. The lowest BCUT2D eigenvalue weighted by Crippen LogP contribution is -2.30. The minimum absolute atomic E-state index is 0.502. The zero-order valence-electron chi connectivity index (χ0n) is 16.6. The lowest BCUT2D eigenvalue weighted by molar-refractivity contribution is -0.646. The third kappa shape index (κ3) is 1.79. The third-order valence-corrected chi connectivity index (χ3v) is 6.29. The standard InChI is InChI=1S/C25H22N3/c1-14(2)16-9-11-17-18-10-8-15(3)22-24(18)28(21(17)12-16)20-7-5-6-19-23(20)25(22)27(4)13-26-19/h5-14H,1-4H3/q+1. The van der Waals surface area contributed by atoms with Crippen molar-refractivity contribution in [3.63, 3.8) is 0 Å². The van der Waals surface area contributed by atoms with E-state index in [1.165, 1.54) is 54.7 Å². The summed E-state index contributed by atoms with van der Waals surface area (Å²) in [4.78, 5) is 4.71. The van der Waals surface area contributed by atoms with Crippen LogP contribution < -0.4 is 4.57 Å². The van der Waals surface area contributed by atoms with Crippen molar-refractivity contribution in [2.24, 2.45) is 7.05 Å². The van der Waals surface area contributed by atoms with E-state index in [1.807, 2.05) is 6.33 Å². The van der Waals surface area contributed by atoms with Gasteiger partial charge in [-0.3, -0.25) is 0 Å². The Morgan fingerprint density at radius 1 is 0.929 bits per heavy atom. The molecule has 0 amide bonds. The summed E-state index contributed by atoms with van der Waals surface area (Å²) >= 11 is 0. The third-order valence-electron chi connectivity index (χ3n) is 6.29. The van der Waals surface area contributed by atoms with Crippen LogP contribution in [0.15, 0.2) is 54.9 Å². The number of hydrogen-bond acceptors (Lipinski definition) is 1. The first-order valence-electron chi connectivity index (χ1n) is 9.92. The van der Waals surface area contributed by atoms with Gasteiger partial charge in [0, 0.05) is 16.2 Å². The van der Waals surface area contributed by atoms with Crippen molar-refractivity contribution in [3.8, 4) is 0 Å². The molecule has 3 heterocycles. The van der Waals surface area contributed by atoms with Gasteiger partial charge in [0.05, 0.1) is 29.0 Å². The molecule has 0 radical (unpaired) electrons. The molecule has 6 aromatic rings. The zero-order valence-corrected chi connectivity index (χ0v) is 16.6. The van der Waals surface area contributed by atoms with Gasteiger partial charge in [0.25, 0.3) is 6.33 Å². The molecule has 0 unspecified atom stereocenters. The van der Waals surface area contributed by atoms with Gasteiger partial charge in [0.2, 0.25) is 0 Å². The Morgan fingerprint density at radius 3 is 2.57 bits per heavy atom. The number of aryl methyl sites for hydroxylation is 2. The summed E-state index contributed by atoms with van der Waals surface area (Å²) in [6.07, 6.45) is 1.94. The monoisotopic (exact) mass is 364 g/mol. The quantitative estimate of drug-likeness (QED) is 0.210. The van der Waals surface area contributed by atoms with E-state index in [2.05, 4.69) is 85.3 Å². The molecule has 0 saturated heterocycles. The van der Waals surface area contributed by atoms with E-state index in [-0.39, 0.29) is 0 Å². The first kappa shape index (κ1) is 15.8. The molecular weight excluding hydrogens is 342 g/mol. The molecule has 0 spiro atoms. The van der Waals surface area contributed by atoms with Gasteiger partial charge in [-0.1, -0.05) is 44.2 Å². The van der Waals surface area contributed by atoms with Crippen LogP contribution in [0.4, 0.5) is 0 Å². The maximum absolute atomic E-state index is 4.71. The topological polar surface area (TPSA) is 21.2 Å². The van der Waals surface area contributed by atoms with E-state index in [0.29, 0.717) is 5.92 Å². The molecule has 6 rings (SSSR count). The first-order valence-corrected chi connectivity index (χ1v) is 9.92. The molecule has 0 saturated carbocycles. The Morgan fingerprint density at radius 2 is 1.75 bits per heavy atom. The molecule has 0 aliphatic rings. The molecule has 0 fully saturated rings. The molecule has 3 heteroatoms. The number of pyridine rings is 1. The summed E-state index contributed by atoms with van der Waals surface area (Å²) in [5.74, 6) is 0.502. The number of nitrogens with zero attached hydrogens (tertiary/aromatic N) is 3. The van der Waals surface area contributed by atoms with Crippen molar-refractivity contribution in [1.29, 1.82) is 0 Å². The lowest BCUT2D eigenvalue weighted by Gasteiger charge is -2.12. The second kappa shape index (κ2) is 5.20. The Labute approximate surface area is 163 Å². The molecule has 3 nitrogen and oxygen atoms in total. The van der Waals surface area contributed by atoms with E-state index < -0.39 is 0 Å². The fourth-order valence-corrected chi connectivity index (χ4v) is 4.88. The second-order valence-corrected chi connectivity index (χ2v) is 8.30. The number of benzene rings is 3. The summed E-state index contributed by atoms with van der Waals surface area (Å²) in [5, 5.41) is 5.21. The van der Waals surface area contributed by atoms with Crippen molar-refractivity contribution in [2.45, 2.75) is 26.7 Å². The number of hydrogen-bond donors (Lipinski definition) is 0. The van der Waals surface area contributed by atoms with Crippen molar-refractivity contribution >= 4 is 49.1 Å². The molecule has 0 bridgehead atoms. The van der Waals surface area contributed by atoms with E-state index in [9.17, 15) is 0 Å². The fourth-order valence-electron chi connectivity index (χ4n) is 4.88. The maximum atomic E-state index is 4.71. The number of aromatic nitrogens is 3. The summed E-state index contributed by atoms with van der Waals surface area (Å²) in [6.45, 7) is 6.74. The summed E-state index contributed by atoms with van der Waals surface area (Å²) in [7, 11) is 2.10. The highest BCUT2D eigenvalue weighted by Crippen LogP contribution is 2.40.